The molecule has 21 heavy (non-hydrogen) atoms. The van der Waals surface area contributed by atoms with Crippen molar-refractivity contribution in [2.75, 3.05) is 17.2 Å². The third kappa shape index (κ3) is 2.68. The zero-order valence-electron chi connectivity index (χ0n) is 11.8. The molecule has 1 aliphatic rings. The maximum Gasteiger partial charge on any atom is 0.222 e. The molecule has 0 aliphatic carbocycles. The third-order valence-corrected chi connectivity index (χ3v) is 4.32. The molecule has 2 heterocycles. The molecular formula is C16H17ClFN3. The first-order valence-corrected chi connectivity index (χ1v) is 7.42. The Hall–Kier alpha value is -1.81. The Morgan fingerprint density at radius 3 is 2.67 bits per heavy atom. The molecule has 5 heteroatoms. The van der Waals surface area contributed by atoms with Crippen LogP contribution in [0.4, 0.5) is 15.9 Å². The van der Waals surface area contributed by atoms with Crippen LogP contribution in [-0.2, 0) is 0 Å². The summed E-state index contributed by atoms with van der Waals surface area (Å²) in [6.07, 6.45) is 2.43. The van der Waals surface area contributed by atoms with Gasteiger partial charge in [-0.2, -0.15) is 4.39 Å². The van der Waals surface area contributed by atoms with E-state index >= 15 is 0 Å². The molecule has 3 nitrogen and oxygen atoms in total. The van der Waals surface area contributed by atoms with Crippen molar-refractivity contribution >= 4 is 23.1 Å². The van der Waals surface area contributed by atoms with Crippen LogP contribution in [0.5, 0.6) is 0 Å². The highest BCUT2D eigenvalue weighted by Gasteiger charge is 2.20. The van der Waals surface area contributed by atoms with Crippen molar-refractivity contribution in [3.05, 3.63) is 41.3 Å². The van der Waals surface area contributed by atoms with E-state index in [2.05, 4.69) is 16.8 Å². The van der Waals surface area contributed by atoms with Crippen molar-refractivity contribution in [3.8, 4) is 11.1 Å². The normalized spacial score (nSPS) is 18.2. The van der Waals surface area contributed by atoms with E-state index in [4.69, 9.17) is 17.3 Å². The molecule has 0 spiro atoms. The molecule has 1 aromatic carbocycles. The second-order valence-electron chi connectivity index (χ2n) is 5.43. The van der Waals surface area contributed by atoms with Crippen LogP contribution in [0.3, 0.4) is 0 Å². The molecule has 0 radical (unpaired) electrons. The molecular weight excluding hydrogens is 289 g/mol. The molecule has 3 rings (SSSR count). The predicted molar refractivity (Wildman–Crippen MR) is 85.1 cm³/mol. The molecule has 1 aromatic heterocycles. The molecule has 2 aromatic rings. The molecule has 0 unspecified atom stereocenters. The highest BCUT2D eigenvalue weighted by atomic mass is 35.5. The minimum absolute atomic E-state index is 0.0143. The van der Waals surface area contributed by atoms with Crippen LogP contribution < -0.4 is 10.6 Å². The summed E-state index contributed by atoms with van der Waals surface area (Å²) in [6, 6.07) is 9.90. The molecule has 1 atom stereocenters. The van der Waals surface area contributed by atoms with Crippen molar-refractivity contribution in [1.29, 1.82) is 0 Å². The molecule has 0 bridgehead atoms. The van der Waals surface area contributed by atoms with E-state index in [1.165, 1.54) is 24.6 Å². The topological polar surface area (TPSA) is 42.1 Å². The van der Waals surface area contributed by atoms with E-state index in [1.54, 1.807) is 0 Å². The van der Waals surface area contributed by atoms with Crippen LogP contribution in [0.25, 0.3) is 11.1 Å². The van der Waals surface area contributed by atoms with Crippen molar-refractivity contribution in [2.45, 2.75) is 25.8 Å². The van der Waals surface area contributed by atoms with Gasteiger partial charge in [-0.1, -0.05) is 23.7 Å². The largest absolute Gasteiger partial charge is 0.382 e. The average molecular weight is 306 g/mol. The Kier molecular flexibility index (Phi) is 3.72. The predicted octanol–water partition coefficient (Wildman–Crippen LogP) is 4.11. The summed E-state index contributed by atoms with van der Waals surface area (Å²) in [4.78, 5) is 6.00. The lowest BCUT2D eigenvalue weighted by Gasteiger charge is -2.24. The second kappa shape index (κ2) is 5.53. The zero-order valence-corrected chi connectivity index (χ0v) is 12.6. The summed E-state index contributed by atoms with van der Waals surface area (Å²) in [6.45, 7) is 3.30. The Labute approximate surface area is 128 Å². The lowest BCUT2D eigenvalue weighted by molar-refractivity contribution is 0.589. The number of anilines is 2. The van der Waals surface area contributed by atoms with Crippen molar-refractivity contribution < 1.29 is 4.39 Å². The quantitative estimate of drug-likeness (QED) is 0.849. The van der Waals surface area contributed by atoms with E-state index < -0.39 is 5.95 Å². The van der Waals surface area contributed by atoms with Gasteiger partial charge in [-0.05, 0) is 43.5 Å². The van der Waals surface area contributed by atoms with Gasteiger partial charge in [0.05, 0.1) is 5.02 Å². The fourth-order valence-electron chi connectivity index (χ4n) is 2.83. The lowest BCUT2D eigenvalue weighted by atomic mass is 10.1. The number of nitrogen functional groups attached to an aromatic ring is 1. The first-order valence-electron chi connectivity index (χ1n) is 7.05. The van der Waals surface area contributed by atoms with Gasteiger partial charge in [0, 0.05) is 23.8 Å². The standard InChI is InChI=1S/C16H17ClFN3/c1-10-3-2-8-21(10)12-6-4-11(5-7-12)13-9-14(17)16(19)20-15(13)18/h4-7,9-10H,2-3,8H2,1H3,(H2,19,20)/t10-/m1/s1. The summed E-state index contributed by atoms with van der Waals surface area (Å²) in [5.41, 5.74) is 7.78. The van der Waals surface area contributed by atoms with Crippen molar-refractivity contribution in [3.63, 3.8) is 0 Å². The fourth-order valence-corrected chi connectivity index (χ4v) is 2.98. The molecule has 110 valence electrons. The Balaban J connectivity index is 1.92. The molecule has 1 saturated heterocycles. The number of nitrogens with zero attached hydrogens (tertiary/aromatic N) is 2. The van der Waals surface area contributed by atoms with E-state index in [-0.39, 0.29) is 10.8 Å². The van der Waals surface area contributed by atoms with Gasteiger partial charge in [0.1, 0.15) is 5.82 Å². The van der Waals surface area contributed by atoms with Gasteiger partial charge in [0.15, 0.2) is 0 Å². The summed E-state index contributed by atoms with van der Waals surface area (Å²) >= 11 is 5.93. The maximum absolute atomic E-state index is 13.9. The van der Waals surface area contributed by atoms with Crippen LogP contribution in [0.1, 0.15) is 19.8 Å². The number of nitrogens with two attached hydrogens (primary N) is 1. The Morgan fingerprint density at radius 2 is 2.05 bits per heavy atom. The fraction of sp³-hybridized carbons (Fsp3) is 0.312. The molecule has 0 amide bonds. The zero-order chi connectivity index (χ0) is 15.0. The molecule has 0 saturated carbocycles. The van der Waals surface area contributed by atoms with E-state index in [0.29, 0.717) is 11.6 Å². The van der Waals surface area contributed by atoms with Gasteiger partial charge in [0.2, 0.25) is 5.95 Å². The van der Waals surface area contributed by atoms with Gasteiger partial charge in [-0.25, -0.2) is 4.98 Å². The Morgan fingerprint density at radius 1 is 1.33 bits per heavy atom. The first-order chi connectivity index (χ1) is 10.1. The molecule has 2 N–H and O–H groups in total. The number of halogens is 2. The van der Waals surface area contributed by atoms with Gasteiger partial charge in [-0.15, -0.1) is 0 Å². The lowest BCUT2D eigenvalue weighted by Crippen LogP contribution is -2.25. The van der Waals surface area contributed by atoms with Crippen LogP contribution in [0, 0.1) is 5.95 Å². The van der Waals surface area contributed by atoms with Gasteiger partial charge < -0.3 is 10.6 Å². The summed E-state index contributed by atoms with van der Waals surface area (Å²) in [5.74, 6) is -0.584. The smallest absolute Gasteiger partial charge is 0.222 e. The number of pyridine rings is 1. The second-order valence-corrected chi connectivity index (χ2v) is 5.83. The average Bonchev–Trinajstić information content (AvgIpc) is 2.89. The number of rotatable bonds is 2. The third-order valence-electron chi connectivity index (χ3n) is 4.02. The molecule has 1 aliphatic heterocycles. The first kappa shape index (κ1) is 14.1. The van der Waals surface area contributed by atoms with E-state index in [0.717, 1.165) is 12.1 Å². The number of aromatic nitrogens is 1. The van der Waals surface area contributed by atoms with E-state index in [1.807, 2.05) is 24.3 Å². The SMILES string of the molecule is C[C@@H]1CCCN1c1ccc(-c2cc(Cl)c(N)nc2F)cc1. The van der Waals surface area contributed by atoms with E-state index in [9.17, 15) is 4.39 Å². The van der Waals surface area contributed by atoms with Crippen molar-refractivity contribution in [2.24, 2.45) is 0 Å². The van der Waals surface area contributed by atoms with Crippen LogP contribution in [0.15, 0.2) is 30.3 Å². The summed E-state index contributed by atoms with van der Waals surface area (Å²) < 4.78 is 13.9. The monoisotopic (exact) mass is 305 g/mol. The minimum atomic E-state index is -0.598. The Bertz CT molecular complexity index is 657. The van der Waals surface area contributed by atoms with Gasteiger partial charge in [-0.3, -0.25) is 0 Å². The van der Waals surface area contributed by atoms with Crippen molar-refractivity contribution in [1.82, 2.24) is 4.98 Å². The number of benzene rings is 1. The minimum Gasteiger partial charge on any atom is -0.382 e. The highest BCUT2D eigenvalue weighted by Crippen LogP contribution is 2.31. The van der Waals surface area contributed by atoms with Crippen LogP contribution >= 0.6 is 11.6 Å². The van der Waals surface area contributed by atoms with Crippen LogP contribution in [0.2, 0.25) is 5.02 Å². The highest BCUT2D eigenvalue weighted by molar-refractivity contribution is 6.33. The summed E-state index contributed by atoms with van der Waals surface area (Å²) in [7, 11) is 0. The van der Waals surface area contributed by atoms with Crippen LogP contribution in [-0.4, -0.2) is 17.6 Å². The summed E-state index contributed by atoms with van der Waals surface area (Å²) in [5, 5.41) is 0.267. The maximum atomic E-state index is 13.9. The number of hydrogen-bond acceptors (Lipinski definition) is 3. The molecule has 1 fully saturated rings. The van der Waals surface area contributed by atoms with Gasteiger partial charge in [0.25, 0.3) is 0 Å². The number of hydrogen-bond donors (Lipinski definition) is 1. The van der Waals surface area contributed by atoms with Gasteiger partial charge >= 0.3 is 0 Å².